The summed E-state index contributed by atoms with van der Waals surface area (Å²) in [4.78, 5) is -3.94. The van der Waals surface area contributed by atoms with Gasteiger partial charge in [-0.2, -0.15) is 33.7 Å². The van der Waals surface area contributed by atoms with Gasteiger partial charge in [0.15, 0.2) is 0 Å². The van der Waals surface area contributed by atoms with Crippen LogP contribution in [0.25, 0.3) is 33.4 Å². The van der Waals surface area contributed by atoms with Gasteiger partial charge in [-0.1, -0.05) is 167 Å². The smallest absolute Gasteiger partial charge is 0.266 e. The molecule has 0 aliphatic rings. The van der Waals surface area contributed by atoms with E-state index >= 15 is 16.8 Å². The van der Waals surface area contributed by atoms with Gasteiger partial charge in [0.1, 0.15) is 19.6 Å². The average Bonchev–Trinajstić information content (AvgIpc) is 3.14. The van der Waals surface area contributed by atoms with Crippen LogP contribution < -0.4 is 0 Å². The molecule has 0 radical (unpaired) electrons. The van der Waals surface area contributed by atoms with E-state index < -0.39 is 129 Å². The van der Waals surface area contributed by atoms with Crippen LogP contribution in [-0.2, 0) is 57.2 Å². The third kappa shape index (κ3) is 13.1. The number of hydrogen-bond donors (Lipinski definition) is 0. The maximum atomic E-state index is 15.2. The van der Waals surface area contributed by atoms with Crippen molar-refractivity contribution in [2.45, 2.75) is 103 Å². The average molecular weight is 976 g/mol. The lowest BCUT2D eigenvalue weighted by Gasteiger charge is -2.27. The van der Waals surface area contributed by atoms with E-state index in [0.717, 1.165) is 12.1 Å². The van der Waals surface area contributed by atoms with Crippen LogP contribution in [0, 0.1) is 21.7 Å². The summed E-state index contributed by atoms with van der Waals surface area (Å²) in [6, 6.07) is 17.3. The fraction of sp³-hybridized carbons (Fsp3) is 0.455. The number of rotatable bonds is 15. The third-order valence-electron chi connectivity index (χ3n) is 8.40. The molecule has 0 amide bonds. The molecule has 12 nitrogen and oxygen atoms in total. The Balaban J connectivity index is 2.55. The molecule has 0 atom stereocenters. The maximum Gasteiger partial charge on any atom is 0.298 e. The lowest BCUT2D eigenvalue weighted by molar-refractivity contribution is 0.202. The first-order valence-corrected chi connectivity index (χ1v) is 25.9. The fourth-order valence-electron chi connectivity index (χ4n) is 5.59. The van der Waals surface area contributed by atoms with Gasteiger partial charge < -0.3 is 0 Å². The van der Waals surface area contributed by atoms with Crippen LogP contribution in [0.4, 0.5) is 0 Å². The van der Waals surface area contributed by atoms with Gasteiger partial charge in [-0.3, -0.25) is 16.7 Å². The van der Waals surface area contributed by atoms with E-state index in [9.17, 15) is 16.8 Å². The summed E-state index contributed by atoms with van der Waals surface area (Å²) in [5, 5.41) is -0.871. The van der Waals surface area contributed by atoms with Crippen molar-refractivity contribution in [3.8, 4) is 33.4 Å². The molecule has 0 aliphatic carbocycles. The van der Waals surface area contributed by atoms with Gasteiger partial charge in [0.05, 0.1) is 36.5 Å². The Kier molecular flexibility index (Phi) is 15.5. The Hall–Kier alpha value is -2.90. The molecule has 342 valence electrons. The zero-order valence-corrected chi connectivity index (χ0v) is 41.8. The summed E-state index contributed by atoms with van der Waals surface area (Å²) in [7, 11) is -21.0. The quantitative estimate of drug-likeness (QED) is 0.103. The van der Waals surface area contributed by atoms with E-state index in [-0.39, 0.29) is 22.3 Å². The predicted molar refractivity (Wildman–Crippen MR) is 243 cm³/mol. The second-order valence-corrected chi connectivity index (χ2v) is 26.8. The van der Waals surface area contributed by atoms with E-state index in [2.05, 4.69) is 0 Å². The van der Waals surface area contributed by atoms with E-state index in [4.69, 9.17) is 39.9 Å². The van der Waals surface area contributed by atoms with Gasteiger partial charge in [0, 0.05) is 22.3 Å². The van der Waals surface area contributed by atoms with Gasteiger partial charge in [0.2, 0.25) is 0 Å². The Bertz CT molecular complexity index is 2540. The zero-order valence-electron chi connectivity index (χ0n) is 37.0. The standard InChI is InChI=1S/C44H56Cl2O12S4/c1-41(2,3)25-55-59(47,48)33-23-31(45)35(29-19-15-13-16-20-29)39(61(51,52)57-27-43(7,8)9)37(33)38-34(60(49,50)56-26-42(4,5)6)24-32(46)36(30-21-17-14-18-22-30)40(38)62(53,54)58-28-44(10,11)12/h13-24H,25-28H2,1-12H3. The highest BCUT2D eigenvalue weighted by atomic mass is 35.5. The van der Waals surface area contributed by atoms with Gasteiger partial charge in [-0.25, -0.2) is 0 Å². The van der Waals surface area contributed by atoms with Crippen LogP contribution in [0.2, 0.25) is 10.0 Å². The van der Waals surface area contributed by atoms with Crippen molar-refractivity contribution in [1.29, 1.82) is 0 Å². The maximum absolute atomic E-state index is 15.2. The first-order chi connectivity index (χ1) is 28.1. The molecule has 0 N–H and O–H groups in total. The highest BCUT2D eigenvalue weighted by Gasteiger charge is 2.43. The molecule has 0 aliphatic heterocycles. The molecule has 4 rings (SSSR count). The largest absolute Gasteiger partial charge is 0.298 e. The molecule has 0 aromatic heterocycles. The fourth-order valence-corrected chi connectivity index (χ4v) is 12.4. The SMILES string of the molecule is CC(C)(C)COS(=O)(=O)c1cc(Cl)c(-c2ccccc2)c(S(=O)(=O)OCC(C)(C)C)c1-c1c(S(=O)(=O)OCC(C)(C)C)cc(Cl)c(-c2ccccc2)c1S(=O)(=O)OCC(C)(C)C. The second-order valence-electron chi connectivity index (χ2n) is 19.7. The lowest BCUT2D eigenvalue weighted by Crippen LogP contribution is -2.24. The minimum Gasteiger partial charge on any atom is -0.266 e. The number of benzene rings is 4. The van der Waals surface area contributed by atoms with Crippen LogP contribution in [0.3, 0.4) is 0 Å². The van der Waals surface area contributed by atoms with E-state index in [1.54, 1.807) is 119 Å². The minimum atomic E-state index is -5.29. The summed E-state index contributed by atoms with van der Waals surface area (Å²) < 4.78 is 143. The first-order valence-electron chi connectivity index (χ1n) is 19.5. The van der Waals surface area contributed by atoms with Crippen LogP contribution in [0.5, 0.6) is 0 Å². The molecule has 4 aromatic carbocycles. The van der Waals surface area contributed by atoms with Crippen molar-refractivity contribution in [1.82, 2.24) is 0 Å². The summed E-state index contributed by atoms with van der Waals surface area (Å²) in [5.41, 5.74) is -5.55. The van der Waals surface area contributed by atoms with Crippen LogP contribution >= 0.6 is 23.2 Å². The molecule has 0 spiro atoms. The second kappa shape index (κ2) is 18.5. The third-order valence-corrected chi connectivity index (χ3v) is 14.2. The molecule has 0 fully saturated rings. The first kappa shape index (κ1) is 51.7. The normalized spacial score (nSPS) is 13.7. The van der Waals surface area contributed by atoms with Crippen molar-refractivity contribution in [2.24, 2.45) is 21.7 Å². The van der Waals surface area contributed by atoms with Crippen LogP contribution in [0.1, 0.15) is 83.1 Å². The zero-order chi connectivity index (χ0) is 47.1. The molecule has 0 bridgehead atoms. The topological polar surface area (TPSA) is 173 Å². The highest BCUT2D eigenvalue weighted by molar-refractivity contribution is 7.89. The molecular formula is C44H56Cl2O12S4. The molecule has 4 aromatic rings. The summed E-state index contributed by atoms with van der Waals surface area (Å²) in [5.74, 6) is 0. The highest BCUT2D eigenvalue weighted by Crippen LogP contribution is 2.53. The van der Waals surface area contributed by atoms with E-state index in [1.165, 1.54) is 24.3 Å². The molecule has 18 heteroatoms. The Morgan fingerprint density at radius 1 is 0.387 bits per heavy atom. The minimum absolute atomic E-state index is 0.121. The monoisotopic (exact) mass is 974 g/mol. The van der Waals surface area contributed by atoms with Crippen molar-refractivity contribution >= 4 is 63.7 Å². The molecule has 0 unspecified atom stereocenters. The molecule has 0 saturated heterocycles. The van der Waals surface area contributed by atoms with Crippen molar-refractivity contribution in [3.63, 3.8) is 0 Å². The number of halogens is 2. The molecule has 0 heterocycles. The molecular weight excluding hydrogens is 920 g/mol. The van der Waals surface area contributed by atoms with Crippen molar-refractivity contribution in [3.05, 3.63) is 82.8 Å². The van der Waals surface area contributed by atoms with Crippen molar-refractivity contribution < 1.29 is 50.4 Å². The Morgan fingerprint density at radius 2 is 0.629 bits per heavy atom. The van der Waals surface area contributed by atoms with Crippen LogP contribution in [-0.4, -0.2) is 60.1 Å². The van der Waals surface area contributed by atoms with Crippen molar-refractivity contribution in [2.75, 3.05) is 26.4 Å². The predicted octanol–water partition coefficient (Wildman–Crippen LogP) is 11.0. The molecule has 62 heavy (non-hydrogen) atoms. The molecule has 0 saturated carbocycles. The van der Waals surface area contributed by atoms with Gasteiger partial charge in [0.25, 0.3) is 40.5 Å². The van der Waals surface area contributed by atoms with E-state index in [1.807, 2.05) is 0 Å². The van der Waals surface area contributed by atoms with Gasteiger partial charge in [-0.15, -0.1) is 0 Å². The summed E-state index contributed by atoms with van der Waals surface area (Å²) >= 11 is 14.0. The lowest BCUT2D eigenvalue weighted by atomic mass is 9.95. The van der Waals surface area contributed by atoms with Gasteiger partial charge in [-0.05, 0) is 44.9 Å². The van der Waals surface area contributed by atoms with E-state index in [0.29, 0.717) is 0 Å². The summed E-state index contributed by atoms with van der Waals surface area (Å²) in [6.07, 6.45) is 0. The Morgan fingerprint density at radius 3 is 0.871 bits per heavy atom. The summed E-state index contributed by atoms with van der Waals surface area (Å²) in [6.45, 7) is 18.4. The Labute approximate surface area is 378 Å². The number of hydrogen-bond acceptors (Lipinski definition) is 12. The van der Waals surface area contributed by atoms with Gasteiger partial charge >= 0.3 is 0 Å². The van der Waals surface area contributed by atoms with Crippen LogP contribution in [0.15, 0.2) is 92.4 Å².